The first kappa shape index (κ1) is 15.5. The van der Waals surface area contributed by atoms with Crippen LogP contribution < -0.4 is 5.32 Å². The van der Waals surface area contributed by atoms with Crippen molar-refractivity contribution in [3.8, 4) is 10.4 Å². The number of benzene rings is 1. The van der Waals surface area contributed by atoms with Gasteiger partial charge < -0.3 is 5.32 Å². The van der Waals surface area contributed by atoms with Crippen molar-refractivity contribution in [3.05, 3.63) is 42.7 Å². The lowest BCUT2D eigenvalue weighted by Gasteiger charge is -2.10. The molecule has 24 heavy (non-hydrogen) atoms. The lowest BCUT2D eigenvalue weighted by atomic mass is 10.1. The van der Waals surface area contributed by atoms with Gasteiger partial charge in [-0.1, -0.05) is 30.3 Å². The van der Waals surface area contributed by atoms with Crippen LogP contribution in [0.2, 0.25) is 0 Å². The second-order valence-electron chi connectivity index (χ2n) is 6.07. The van der Waals surface area contributed by atoms with E-state index in [0.29, 0.717) is 12.3 Å². The van der Waals surface area contributed by atoms with Crippen LogP contribution in [0.5, 0.6) is 0 Å². The van der Waals surface area contributed by atoms with E-state index in [0.717, 1.165) is 32.9 Å². The van der Waals surface area contributed by atoms with Crippen molar-refractivity contribution in [2.45, 2.75) is 6.42 Å². The molecule has 0 amide bonds. The fraction of sp³-hybridized carbons (Fsp3) is 0.294. The van der Waals surface area contributed by atoms with Crippen LogP contribution in [0, 0.1) is 5.92 Å². The van der Waals surface area contributed by atoms with Crippen LogP contribution in [-0.4, -0.2) is 36.4 Å². The van der Waals surface area contributed by atoms with Gasteiger partial charge >= 0.3 is 0 Å². The summed E-state index contributed by atoms with van der Waals surface area (Å²) in [5.74, 6) is 1.51. The normalized spacial score (nSPS) is 19.6. The first-order valence-electron chi connectivity index (χ1n) is 7.85. The van der Waals surface area contributed by atoms with E-state index >= 15 is 0 Å². The number of sulfone groups is 1. The van der Waals surface area contributed by atoms with Gasteiger partial charge in [0.1, 0.15) is 17.0 Å². The quantitative estimate of drug-likeness (QED) is 0.774. The molecular formula is C17H17N3O2S2. The maximum Gasteiger partial charge on any atom is 0.150 e. The Labute approximate surface area is 144 Å². The molecule has 1 aliphatic rings. The highest BCUT2D eigenvalue weighted by atomic mass is 32.2. The summed E-state index contributed by atoms with van der Waals surface area (Å²) in [7, 11) is -2.84. The summed E-state index contributed by atoms with van der Waals surface area (Å²) in [5, 5.41) is 4.31. The Hall–Kier alpha value is -1.99. The minimum absolute atomic E-state index is 0.159. The Kier molecular flexibility index (Phi) is 3.97. The lowest BCUT2D eigenvalue weighted by Crippen LogP contribution is -2.16. The predicted molar refractivity (Wildman–Crippen MR) is 98.1 cm³/mol. The first-order chi connectivity index (χ1) is 11.6. The van der Waals surface area contributed by atoms with E-state index < -0.39 is 9.84 Å². The molecule has 2 aromatic heterocycles. The smallest absolute Gasteiger partial charge is 0.150 e. The lowest BCUT2D eigenvalue weighted by molar-refractivity contribution is 0.596. The zero-order chi connectivity index (χ0) is 16.6. The summed E-state index contributed by atoms with van der Waals surface area (Å²) in [6.45, 7) is 0.627. The van der Waals surface area contributed by atoms with Crippen LogP contribution >= 0.6 is 11.3 Å². The van der Waals surface area contributed by atoms with E-state index in [2.05, 4.69) is 33.5 Å². The zero-order valence-electron chi connectivity index (χ0n) is 13.0. The van der Waals surface area contributed by atoms with Gasteiger partial charge in [0, 0.05) is 11.4 Å². The van der Waals surface area contributed by atoms with Gasteiger partial charge in [0.15, 0.2) is 9.84 Å². The summed E-state index contributed by atoms with van der Waals surface area (Å²) < 4.78 is 23.1. The molecule has 7 heteroatoms. The van der Waals surface area contributed by atoms with Gasteiger partial charge in [0.2, 0.25) is 0 Å². The number of nitrogens with one attached hydrogen (secondary N) is 1. The van der Waals surface area contributed by atoms with Crippen LogP contribution in [0.3, 0.4) is 0 Å². The molecule has 124 valence electrons. The van der Waals surface area contributed by atoms with Crippen molar-refractivity contribution in [1.82, 2.24) is 9.97 Å². The summed E-state index contributed by atoms with van der Waals surface area (Å²) in [6.07, 6.45) is 2.28. The molecule has 1 saturated heterocycles. The molecule has 0 spiro atoms. The zero-order valence-corrected chi connectivity index (χ0v) is 14.6. The molecule has 0 radical (unpaired) electrons. The maximum absolute atomic E-state index is 11.6. The molecular weight excluding hydrogens is 342 g/mol. The monoisotopic (exact) mass is 359 g/mol. The third-order valence-corrected chi connectivity index (χ3v) is 7.20. The molecule has 1 atom stereocenters. The first-order valence-corrected chi connectivity index (χ1v) is 10.5. The predicted octanol–water partition coefficient (Wildman–Crippen LogP) is 3.20. The van der Waals surface area contributed by atoms with E-state index in [1.165, 1.54) is 0 Å². The van der Waals surface area contributed by atoms with Gasteiger partial charge in [-0.3, -0.25) is 0 Å². The summed E-state index contributed by atoms with van der Waals surface area (Å²) in [6, 6.07) is 12.3. The number of fused-ring (bicyclic) bond motifs is 1. The SMILES string of the molecule is O=S1(=O)CCC(CNc2ncnc3sc(-c4ccccc4)cc23)C1. The molecule has 0 aliphatic carbocycles. The van der Waals surface area contributed by atoms with Gasteiger partial charge in [-0.25, -0.2) is 18.4 Å². The Balaban J connectivity index is 1.58. The number of hydrogen-bond acceptors (Lipinski definition) is 6. The summed E-state index contributed by atoms with van der Waals surface area (Å²) in [4.78, 5) is 10.8. The standard InChI is InChI=1S/C17H17N3O2S2/c21-24(22)7-6-12(10-24)9-18-16-14-8-15(13-4-2-1-3-5-13)23-17(14)20-11-19-16/h1-5,8,11-12H,6-7,9-10H2,(H,18,19,20). The Morgan fingerprint density at radius 2 is 2.04 bits per heavy atom. The average Bonchev–Trinajstić information content (AvgIpc) is 3.17. The molecule has 1 aromatic carbocycles. The minimum atomic E-state index is -2.84. The second-order valence-corrected chi connectivity index (χ2v) is 9.33. The van der Waals surface area contributed by atoms with Crippen LogP contribution in [0.4, 0.5) is 5.82 Å². The van der Waals surface area contributed by atoms with Gasteiger partial charge in [-0.05, 0) is 24.0 Å². The average molecular weight is 359 g/mol. The van der Waals surface area contributed by atoms with Gasteiger partial charge in [-0.2, -0.15) is 0 Å². The van der Waals surface area contributed by atoms with Crippen molar-refractivity contribution >= 4 is 37.2 Å². The van der Waals surface area contributed by atoms with Crippen molar-refractivity contribution < 1.29 is 8.42 Å². The molecule has 1 N–H and O–H groups in total. The molecule has 1 aliphatic heterocycles. The highest BCUT2D eigenvalue weighted by Crippen LogP contribution is 2.35. The van der Waals surface area contributed by atoms with Gasteiger partial charge in [-0.15, -0.1) is 11.3 Å². The van der Waals surface area contributed by atoms with E-state index in [1.807, 2.05) is 18.2 Å². The van der Waals surface area contributed by atoms with Gasteiger partial charge in [0.05, 0.1) is 16.9 Å². The largest absolute Gasteiger partial charge is 0.369 e. The molecule has 4 rings (SSSR count). The van der Waals surface area contributed by atoms with Crippen LogP contribution in [0.25, 0.3) is 20.7 Å². The Morgan fingerprint density at radius 3 is 2.79 bits per heavy atom. The van der Waals surface area contributed by atoms with Gasteiger partial charge in [0.25, 0.3) is 0 Å². The van der Waals surface area contributed by atoms with E-state index in [4.69, 9.17) is 0 Å². The molecule has 1 fully saturated rings. The highest BCUT2D eigenvalue weighted by molar-refractivity contribution is 7.91. The fourth-order valence-corrected chi connectivity index (χ4v) is 5.88. The van der Waals surface area contributed by atoms with Crippen molar-refractivity contribution in [2.75, 3.05) is 23.4 Å². The topological polar surface area (TPSA) is 72.0 Å². The molecule has 5 nitrogen and oxygen atoms in total. The number of anilines is 1. The fourth-order valence-electron chi connectivity index (χ4n) is 3.02. The van der Waals surface area contributed by atoms with Crippen molar-refractivity contribution in [1.29, 1.82) is 0 Å². The molecule has 0 saturated carbocycles. The number of hydrogen-bond donors (Lipinski definition) is 1. The maximum atomic E-state index is 11.6. The molecule has 3 aromatic rings. The van der Waals surface area contributed by atoms with Crippen LogP contribution in [-0.2, 0) is 9.84 Å². The third-order valence-electron chi connectivity index (χ3n) is 4.27. The molecule has 0 bridgehead atoms. The number of nitrogens with zero attached hydrogens (tertiary/aromatic N) is 2. The molecule has 3 heterocycles. The third kappa shape index (κ3) is 3.14. The number of thiophene rings is 1. The summed E-state index contributed by atoms with van der Waals surface area (Å²) in [5.41, 5.74) is 1.16. The highest BCUT2D eigenvalue weighted by Gasteiger charge is 2.27. The van der Waals surface area contributed by atoms with Crippen LogP contribution in [0.1, 0.15) is 6.42 Å². The summed E-state index contributed by atoms with van der Waals surface area (Å²) >= 11 is 1.64. The second kappa shape index (κ2) is 6.14. The number of aromatic nitrogens is 2. The van der Waals surface area contributed by atoms with Crippen LogP contribution in [0.15, 0.2) is 42.7 Å². The minimum Gasteiger partial charge on any atom is -0.369 e. The van der Waals surface area contributed by atoms with E-state index in [9.17, 15) is 8.42 Å². The Bertz CT molecular complexity index is 968. The molecule has 1 unspecified atom stereocenters. The van der Waals surface area contributed by atoms with Crippen molar-refractivity contribution in [2.24, 2.45) is 5.92 Å². The van der Waals surface area contributed by atoms with E-state index in [1.54, 1.807) is 17.7 Å². The number of rotatable bonds is 4. The van der Waals surface area contributed by atoms with E-state index in [-0.39, 0.29) is 11.7 Å². The Morgan fingerprint density at radius 1 is 1.21 bits per heavy atom. The van der Waals surface area contributed by atoms with Crippen molar-refractivity contribution in [3.63, 3.8) is 0 Å².